The third-order valence-corrected chi connectivity index (χ3v) is 4.03. The highest BCUT2D eigenvalue weighted by molar-refractivity contribution is 9.10. The number of nitrogens with zero attached hydrogens (tertiary/aromatic N) is 3. The van der Waals surface area contributed by atoms with E-state index in [1.54, 1.807) is 18.2 Å². The number of esters is 1. The summed E-state index contributed by atoms with van der Waals surface area (Å²) in [5.41, 5.74) is 3.12. The molecule has 0 atom stereocenters. The molecule has 0 spiro atoms. The number of hydrazone groups is 1. The van der Waals surface area contributed by atoms with E-state index in [-0.39, 0.29) is 24.0 Å². The molecule has 0 amide bonds. The standard InChI is InChI=1S/C16H13BrN4O6/c1-10(22)27-9-12-3-2-11(6-14(12)17)8-18-19-15-5-4-13(20(23)24)7-16(15)21(25)26/h2-8,19H,9H2,1H3/b18-8+. The van der Waals surface area contributed by atoms with Crippen LogP contribution in [0.2, 0.25) is 0 Å². The van der Waals surface area contributed by atoms with Crippen molar-refractivity contribution in [2.75, 3.05) is 5.43 Å². The third-order valence-electron chi connectivity index (χ3n) is 3.30. The Morgan fingerprint density at radius 1 is 1.22 bits per heavy atom. The zero-order chi connectivity index (χ0) is 20.0. The molecule has 2 aromatic carbocycles. The van der Waals surface area contributed by atoms with Gasteiger partial charge in [-0.25, -0.2) is 0 Å². The van der Waals surface area contributed by atoms with Crippen LogP contribution >= 0.6 is 15.9 Å². The van der Waals surface area contributed by atoms with Crippen LogP contribution in [0.15, 0.2) is 46.0 Å². The second-order valence-corrected chi connectivity index (χ2v) is 6.07. The first kappa shape index (κ1) is 20.0. The van der Waals surface area contributed by atoms with Gasteiger partial charge in [-0.15, -0.1) is 0 Å². The first-order valence-electron chi connectivity index (χ1n) is 7.41. The zero-order valence-corrected chi connectivity index (χ0v) is 15.5. The van der Waals surface area contributed by atoms with Crippen molar-refractivity contribution in [1.82, 2.24) is 0 Å². The molecular weight excluding hydrogens is 424 g/mol. The van der Waals surface area contributed by atoms with Crippen molar-refractivity contribution in [3.8, 4) is 0 Å². The molecule has 0 bridgehead atoms. The van der Waals surface area contributed by atoms with E-state index < -0.39 is 15.5 Å². The van der Waals surface area contributed by atoms with Crippen molar-refractivity contribution in [2.24, 2.45) is 5.10 Å². The number of nitrogens with one attached hydrogen (secondary N) is 1. The Morgan fingerprint density at radius 2 is 1.96 bits per heavy atom. The Bertz CT molecular complexity index is 931. The largest absolute Gasteiger partial charge is 0.461 e. The molecule has 0 aliphatic carbocycles. The first-order valence-corrected chi connectivity index (χ1v) is 8.21. The van der Waals surface area contributed by atoms with Gasteiger partial charge in [0.1, 0.15) is 12.3 Å². The lowest BCUT2D eigenvalue weighted by Gasteiger charge is -2.06. The van der Waals surface area contributed by atoms with Crippen molar-refractivity contribution in [1.29, 1.82) is 0 Å². The Labute approximate surface area is 161 Å². The number of benzene rings is 2. The second-order valence-electron chi connectivity index (χ2n) is 5.22. The van der Waals surface area contributed by atoms with Crippen molar-refractivity contribution < 1.29 is 19.4 Å². The van der Waals surface area contributed by atoms with E-state index in [2.05, 4.69) is 26.5 Å². The quantitative estimate of drug-likeness (QED) is 0.301. The Hall–Kier alpha value is -3.34. The summed E-state index contributed by atoms with van der Waals surface area (Å²) in [4.78, 5) is 31.2. The summed E-state index contributed by atoms with van der Waals surface area (Å²) in [6, 6.07) is 8.41. The number of nitro groups is 2. The summed E-state index contributed by atoms with van der Waals surface area (Å²) in [7, 11) is 0. The van der Waals surface area contributed by atoms with Gasteiger partial charge in [-0.3, -0.25) is 30.4 Å². The van der Waals surface area contributed by atoms with Gasteiger partial charge in [-0.1, -0.05) is 28.1 Å². The van der Waals surface area contributed by atoms with E-state index in [4.69, 9.17) is 4.74 Å². The highest BCUT2D eigenvalue weighted by atomic mass is 79.9. The molecule has 2 aromatic rings. The van der Waals surface area contributed by atoms with Crippen molar-refractivity contribution >= 4 is 45.2 Å². The van der Waals surface area contributed by atoms with Crippen molar-refractivity contribution in [2.45, 2.75) is 13.5 Å². The molecule has 0 fully saturated rings. The predicted molar refractivity (Wildman–Crippen MR) is 101 cm³/mol. The topological polar surface area (TPSA) is 137 Å². The average molecular weight is 437 g/mol. The number of hydrogen-bond donors (Lipinski definition) is 1. The first-order chi connectivity index (χ1) is 12.8. The molecule has 0 unspecified atom stereocenters. The normalized spacial score (nSPS) is 10.6. The van der Waals surface area contributed by atoms with Gasteiger partial charge in [-0.05, 0) is 17.7 Å². The number of rotatable bonds is 7. The molecule has 140 valence electrons. The molecule has 0 aromatic heterocycles. The number of carbonyl (C=O) groups is 1. The zero-order valence-electron chi connectivity index (χ0n) is 13.9. The number of nitro benzene ring substituents is 2. The molecule has 0 heterocycles. The summed E-state index contributed by atoms with van der Waals surface area (Å²) < 4.78 is 5.63. The number of hydrogen-bond acceptors (Lipinski definition) is 8. The van der Waals surface area contributed by atoms with E-state index in [9.17, 15) is 25.0 Å². The Kier molecular flexibility index (Phi) is 6.55. The SMILES string of the molecule is CC(=O)OCc1ccc(/C=N/Nc2ccc([N+](=O)[O-])cc2[N+](=O)[O-])cc1Br. The van der Waals surface area contributed by atoms with Gasteiger partial charge in [0.2, 0.25) is 0 Å². The van der Waals surface area contributed by atoms with Gasteiger partial charge >= 0.3 is 11.7 Å². The van der Waals surface area contributed by atoms with E-state index in [0.29, 0.717) is 10.0 Å². The number of carbonyl (C=O) groups excluding carboxylic acids is 1. The maximum atomic E-state index is 11.1. The van der Waals surface area contributed by atoms with Crippen LogP contribution in [0.4, 0.5) is 17.1 Å². The van der Waals surface area contributed by atoms with Crippen LogP contribution in [0.25, 0.3) is 0 Å². The summed E-state index contributed by atoms with van der Waals surface area (Å²) in [6.07, 6.45) is 1.42. The minimum atomic E-state index is -0.731. The Balaban J connectivity index is 2.13. The molecule has 0 radical (unpaired) electrons. The van der Waals surface area contributed by atoms with Gasteiger partial charge in [0, 0.05) is 23.0 Å². The monoisotopic (exact) mass is 436 g/mol. The molecular formula is C16H13BrN4O6. The lowest BCUT2D eigenvalue weighted by molar-refractivity contribution is -0.393. The fourth-order valence-corrected chi connectivity index (χ4v) is 2.51. The Morgan fingerprint density at radius 3 is 2.56 bits per heavy atom. The number of ether oxygens (including phenoxy) is 1. The molecule has 0 saturated carbocycles. The van der Waals surface area contributed by atoms with Crippen molar-refractivity contribution in [3.63, 3.8) is 0 Å². The lowest BCUT2D eigenvalue weighted by atomic mass is 10.1. The van der Waals surface area contributed by atoms with Gasteiger partial charge in [0.05, 0.1) is 22.1 Å². The van der Waals surface area contributed by atoms with Gasteiger partial charge in [0.25, 0.3) is 5.69 Å². The summed E-state index contributed by atoms with van der Waals surface area (Å²) in [5.74, 6) is -0.388. The second kappa shape index (κ2) is 8.85. The highest BCUT2D eigenvalue weighted by Gasteiger charge is 2.19. The summed E-state index contributed by atoms with van der Waals surface area (Å²) >= 11 is 3.36. The van der Waals surface area contributed by atoms with Gasteiger partial charge in [0.15, 0.2) is 0 Å². The fourth-order valence-electron chi connectivity index (χ4n) is 2.00. The van der Waals surface area contributed by atoms with Crippen LogP contribution in [0.1, 0.15) is 18.1 Å². The maximum absolute atomic E-state index is 11.1. The number of anilines is 1. The van der Waals surface area contributed by atoms with Gasteiger partial charge in [-0.2, -0.15) is 5.10 Å². The van der Waals surface area contributed by atoms with Gasteiger partial charge < -0.3 is 4.74 Å². The molecule has 0 aliphatic rings. The summed E-state index contributed by atoms with van der Waals surface area (Å²) in [5, 5.41) is 25.7. The van der Waals surface area contributed by atoms with Crippen LogP contribution in [0.3, 0.4) is 0 Å². The van der Waals surface area contributed by atoms with E-state index in [1.807, 2.05) is 0 Å². The minimum Gasteiger partial charge on any atom is -0.461 e. The van der Waals surface area contributed by atoms with Crippen molar-refractivity contribution in [3.05, 3.63) is 72.2 Å². The maximum Gasteiger partial charge on any atom is 0.302 e. The molecule has 10 nitrogen and oxygen atoms in total. The molecule has 11 heteroatoms. The minimum absolute atomic E-state index is 0.0207. The van der Waals surface area contributed by atoms with E-state index >= 15 is 0 Å². The molecule has 1 N–H and O–H groups in total. The van der Waals surface area contributed by atoms with E-state index in [0.717, 1.165) is 17.7 Å². The van der Waals surface area contributed by atoms with Crippen LogP contribution < -0.4 is 5.43 Å². The fraction of sp³-hybridized carbons (Fsp3) is 0.125. The average Bonchev–Trinajstić information content (AvgIpc) is 2.60. The van der Waals surface area contributed by atoms with Crippen LogP contribution in [-0.2, 0) is 16.1 Å². The number of non-ortho nitro benzene ring substituents is 1. The van der Waals surface area contributed by atoms with E-state index in [1.165, 1.54) is 19.2 Å². The highest BCUT2D eigenvalue weighted by Crippen LogP contribution is 2.29. The van der Waals surface area contributed by atoms with Crippen LogP contribution in [0.5, 0.6) is 0 Å². The van der Waals surface area contributed by atoms with Crippen LogP contribution in [0, 0.1) is 20.2 Å². The lowest BCUT2D eigenvalue weighted by Crippen LogP contribution is -2.00. The number of halogens is 1. The molecule has 0 saturated heterocycles. The predicted octanol–water partition coefficient (Wildman–Crippen LogP) is 3.77. The smallest absolute Gasteiger partial charge is 0.302 e. The third kappa shape index (κ3) is 5.57. The summed E-state index contributed by atoms with van der Waals surface area (Å²) in [6.45, 7) is 1.44. The molecule has 0 aliphatic heterocycles. The van der Waals surface area contributed by atoms with Crippen LogP contribution in [-0.4, -0.2) is 22.0 Å². The molecule has 27 heavy (non-hydrogen) atoms. The molecule has 2 rings (SSSR count).